The number of aromatic nitrogens is 3. The molecule has 3 aromatic rings. The molecule has 0 N–H and O–H groups in total. The molecule has 4 heteroatoms. The maximum absolute atomic E-state index is 4.50. The predicted molar refractivity (Wildman–Crippen MR) is 92.2 cm³/mol. The van der Waals surface area contributed by atoms with Crippen LogP contribution in [0.15, 0.2) is 49.1 Å². The molecule has 1 aliphatic rings. The largest absolute Gasteiger partial charge is 0.350 e. The van der Waals surface area contributed by atoms with Gasteiger partial charge in [0.15, 0.2) is 0 Å². The molecule has 0 spiro atoms. The van der Waals surface area contributed by atoms with Crippen molar-refractivity contribution in [3.63, 3.8) is 0 Å². The highest BCUT2D eigenvalue weighted by molar-refractivity contribution is 5.83. The van der Waals surface area contributed by atoms with Crippen molar-refractivity contribution in [1.29, 1.82) is 0 Å². The van der Waals surface area contributed by atoms with Gasteiger partial charge in [0.25, 0.3) is 0 Å². The van der Waals surface area contributed by atoms with E-state index in [1.54, 1.807) is 12.4 Å². The molecule has 1 saturated heterocycles. The van der Waals surface area contributed by atoms with E-state index in [-0.39, 0.29) is 0 Å². The molecule has 1 aromatic carbocycles. The SMILES string of the molecule is Cn1cc(CN2CCC[C@H](c3cnccn3)C2)c2ccccc21. The summed E-state index contributed by atoms with van der Waals surface area (Å²) in [7, 11) is 2.13. The molecule has 2 aromatic heterocycles. The second kappa shape index (κ2) is 6.13. The van der Waals surface area contributed by atoms with Gasteiger partial charge in [0.05, 0.1) is 5.69 Å². The molecule has 0 saturated carbocycles. The Morgan fingerprint density at radius 1 is 1.22 bits per heavy atom. The van der Waals surface area contributed by atoms with Gasteiger partial charge in [0.2, 0.25) is 0 Å². The topological polar surface area (TPSA) is 34.0 Å². The number of hydrogen-bond acceptors (Lipinski definition) is 3. The van der Waals surface area contributed by atoms with E-state index in [1.807, 2.05) is 6.20 Å². The van der Waals surface area contributed by atoms with Crippen molar-refractivity contribution in [3.05, 3.63) is 60.3 Å². The Morgan fingerprint density at radius 3 is 3.00 bits per heavy atom. The number of fused-ring (bicyclic) bond motifs is 1. The van der Waals surface area contributed by atoms with Crippen LogP contribution in [0.25, 0.3) is 10.9 Å². The van der Waals surface area contributed by atoms with Gasteiger partial charge in [0.1, 0.15) is 0 Å². The van der Waals surface area contributed by atoms with Gasteiger partial charge >= 0.3 is 0 Å². The highest BCUT2D eigenvalue weighted by Crippen LogP contribution is 2.28. The smallest absolute Gasteiger partial charge is 0.0630 e. The zero-order valence-electron chi connectivity index (χ0n) is 13.5. The van der Waals surface area contributed by atoms with Crippen molar-refractivity contribution in [2.24, 2.45) is 7.05 Å². The molecule has 3 heterocycles. The Morgan fingerprint density at radius 2 is 2.13 bits per heavy atom. The summed E-state index contributed by atoms with van der Waals surface area (Å²) in [5.41, 5.74) is 3.86. The van der Waals surface area contributed by atoms with Crippen LogP contribution in [0.2, 0.25) is 0 Å². The third-order valence-corrected chi connectivity index (χ3v) is 4.88. The van der Waals surface area contributed by atoms with Crippen LogP contribution in [0.1, 0.15) is 30.0 Å². The lowest BCUT2D eigenvalue weighted by Gasteiger charge is -2.32. The average Bonchev–Trinajstić information content (AvgIpc) is 2.92. The average molecular weight is 306 g/mol. The molecule has 0 aliphatic carbocycles. The van der Waals surface area contributed by atoms with Gasteiger partial charge in [-0.2, -0.15) is 0 Å². The maximum atomic E-state index is 4.50. The predicted octanol–water partition coefficient (Wildman–Crippen LogP) is 3.35. The molecule has 0 amide bonds. The summed E-state index contributed by atoms with van der Waals surface area (Å²) in [6.45, 7) is 3.25. The molecule has 0 radical (unpaired) electrons. The number of likely N-dealkylation sites (tertiary alicyclic amines) is 1. The number of aryl methyl sites for hydroxylation is 1. The first-order chi connectivity index (χ1) is 11.3. The number of nitrogens with zero attached hydrogens (tertiary/aromatic N) is 4. The summed E-state index contributed by atoms with van der Waals surface area (Å²) in [5, 5.41) is 1.37. The highest BCUT2D eigenvalue weighted by Gasteiger charge is 2.23. The molecule has 118 valence electrons. The molecular formula is C19H22N4. The fourth-order valence-electron chi connectivity index (χ4n) is 3.75. The minimum atomic E-state index is 0.507. The van der Waals surface area contributed by atoms with E-state index >= 15 is 0 Å². The van der Waals surface area contributed by atoms with E-state index in [4.69, 9.17) is 0 Å². The van der Waals surface area contributed by atoms with Crippen LogP contribution in [0.5, 0.6) is 0 Å². The highest BCUT2D eigenvalue weighted by atomic mass is 15.1. The van der Waals surface area contributed by atoms with E-state index in [0.717, 1.165) is 18.8 Å². The van der Waals surface area contributed by atoms with Crippen LogP contribution >= 0.6 is 0 Å². The second-order valence-corrected chi connectivity index (χ2v) is 6.49. The van der Waals surface area contributed by atoms with Gasteiger partial charge in [-0.05, 0) is 31.0 Å². The summed E-state index contributed by atoms with van der Waals surface area (Å²) in [4.78, 5) is 11.3. The van der Waals surface area contributed by atoms with Gasteiger partial charge in [-0.25, -0.2) is 0 Å². The Hall–Kier alpha value is -2.20. The van der Waals surface area contributed by atoms with Gasteiger partial charge in [0, 0.05) is 61.7 Å². The fourth-order valence-corrected chi connectivity index (χ4v) is 3.75. The van der Waals surface area contributed by atoms with Crippen LogP contribution in [0.3, 0.4) is 0 Å². The molecule has 23 heavy (non-hydrogen) atoms. The molecule has 0 unspecified atom stereocenters. The van der Waals surface area contributed by atoms with Gasteiger partial charge < -0.3 is 4.57 Å². The van der Waals surface area contributed by atoms with Gasteiger partial charge in [-0.3, -0.25) is 14.9 Å². The number of benzene rings is 1. The van der Waals surface area contributed by atoms with Crippen molar-refractivity contribution >= 4 is 10.9 Å². The van der Waals surface area contributed by atoms with E-state index < -0.39 is 0 Å². The molecule has 4 rings (SSSR count). The Balaban J connectivity index is 1.54. The molecule has 1 atom stereocenters. The van der Waals surface area contributed by atoms with Crippen molar-refractivity contribution in [2.75, 3.05) is 13.1 Å². The standard InChI is InChI=1S/C19H22N4/c1-22-12-16(17-6-2-3-7-19(17)22)14-23-10-4-5-15(13-23)18-11-20-8-9-21-18/h2-3,6-9,11-12,15H,4-5,10,13-14H2,1H3/t15-/m0/s1. The van der Waals surface area contributed by atoms with Crippen LogP contribution in [-0.4, -0.2) is 32.5 Å². The summed E-state index contributed by atoms with van der Waals surface area (Å²) in [6, 6.07) is 8.66. The van der Waals surface area contributed by atoms with Gasteiger partial charge in [-0.1, -0.05) is 18.2 Å². The first-order valence-electron chi connectivity index (χ1n) is 8.32. The minimum Gasteiger partial charge on any atom is -0.350 e. The lowest BCUT2D eigenvalue weighted by atomic mass is 9.94. The molecule has 0 bridgehead atoms. The normalized spacial score (nSPS) is 19.3. The van der Waals surface area contributed by atoms with Crippen molar-refractivity contribution in [2.45, 2.75) is 25.3 Å². The lowest BCUT2D eigenvalue weighted by molar-refractivity contribution is 0.199. The number of para-hydroxylation sites is 1. The Bertz CT molecular complexity index is 793. The third kappa shape index (κ3) is 2.86. The van der Waals surface area contributed by atoms with Crippen LogP contribution in [-0.2, 0) is 13.6 Å². The van der Waals surface area contributed by atoms with Crippen LogP contribution in [0.4, 0.5) is 0 Å². The van der Waals surface area contributed by atoms with Crippen molar-refractivity contribution in [3.8, 4) is 0 Å². The zero-order valence-corrected chi connectivity index (χ0v) is 13.5. The first kappa shape index (κ1) is 14.4. The first-order valence-corrected chi connectivity index (χ1v) is 8.32. The van der Waals surface area contributed by atoms with Crippen molar-refractivity contribution in [1.82, 2.24) is 19.4 Å². The Labute approximate surface area is 136 Å². The van der Waals surface area contributed by atoms with E-state index in [2.05, 4.69) is 56.9 Å². The van der Waals surface area contributed by atoms with E-state index in [0.29, 0.717) is 5.92 Å². The number of rotatable bonds is 3. The Kier molecular flexibility index (Phi) is 3.83. The number of piperidine rings is 1. The number of hydrogen-bond donors (Lipinski definition) is 0. The quantitative estimate of drug-likeness (QED) is 0.744. The second-order valence-electron chi connectivity index (χ2n) is 6.49. The maximum Gasteiger partial charge on any atom is 0.0630 e. The summed E-state index contributed by atoms with van der Waals surface area (Å²) >= 11 is 0. The fraction of sp³-hybridized carbons (Fsp3) is 0.368. The molecular weight excluding hydrogens is 284 g/mol. The van der Waals surface area contributed by atoms with Crippen LogP contribution < -0.4 is 0 Å². The van der Waals surface area contributed by atoms with Crippen LogP contribution in [0, 0.1) is 0 Å². The molecule has 1 aliphatic heterocycles. The van der Waals surface area contributed by atoms with E-state index in [1.165, 1.54) is 35.9 Å². The van der Waals surface area contributed by atoms with E-state index in [9.17, 15) is 0 Å². The van der Waals surface area contributed by atoms with Gasteiger partial charge in [-0.15, -0.1) is 0 Å². The third-order valence-electron chi connectivity index (χ3n) is 4.88. The monoisotopic (exact) mass is 306 g/mol. The molecule has 1 fully saturated rings. The summed E-state index contributed by atoms with van der Waals surface area (Å²) in [5.74, 6) is 0.507. The lowest BCUT2D eigenvalue weighted by Crippen LogP contribution is -2.34. The van der Waals surface area contributed by atoms with Crippen molar-refractivity contribution < 1.29 is 0 Å². The minimum absolute atomic E-state index is 0.507. The molecule has 4 nitrogen and oxygen atoms in total. The summed E-state index contributed by atoms with van der Waals surface area (Å²) in [6.07, 6.45) is 10.2. The summed E-state index contributed by atoms with van der Waals surface area (Å²) < 4.78 is 2.23. The zero-order chi connectivity index (χ0) is 15.6.